The van der Waals surface area contributed by atoms with E-state index in [0.29, 0.717) is 18.0 Å². The van der Waals surface area contributed by atoms with Crippen molar-refractivity contribution in [2.75, 3.05) is 19.0 Å². The van der Waals surface area contributed by atoms with Crippen LogP contribution in [-0.2, 0) is 10.2 Å². The van der Waals surface area contributed by atoms with Crippen LogP contribution in [0.5, 0.6) is 11.5 Å². The first-order valence-corrected chi connectivity index (χ1v) is 8.06. The van der Waals surface area contributed by atoms with E-state index >= 15 is 0 Å². The molecule has 4 nitrogen and oxygen atoms in total. The lowest BCUT2D eigenvalue weighted by Crippen LogP contribution is -2.15. The SMILES string of the molecule is COc1ccccc1NC(=O)CCOc1ccc(C(C)(C)C)cc1. The Morgan fingerprint density at radius 2 is 1.71 bits per heavy atom. The molecule has 0 aromatic heterocycles. The van der Waals surface area contributed by atoms with Crippen LogP contribution < -0.4 is 14.8 Å². The van der Waals surface area contributed by atoms with E-state index in [9.17, 15) is 4.79 Å². The van der Waals surface area contributed by atoms with E-state index in [0.717, 1.165) is 5.75 Å². The van der Waals surface area contributed by atoms with Gasteiger partial charge in [-0.1, -0.05) is 45.0 Å². The van der Waals surface area contributed by atoms with Crippen molar-refractivity contribution in [1.82, 2.24) is 0 Å². The van der Waals surface area contributed by atoms with Crippen LogP contribution in [0.25, 0.3) is 0 Å². The van der Waals surface area contributed by atoms with Gasteiger partial charge in [0.1, 0.15) is 11.5 Å². The summed E-state index contributed by atoms with van der Waals surface area (Å²) in [7, 11) is 1.58. The topological polar surface area (TPSA) is 47.6 Å². The molecule has 1 N–H and O–H groups in total. The first-order valence-electron chi connectivity index (χ1n) is 8.06. The zero-order chi connectivity index (χ0) is 17.6. The molecule has 24 heavy (non-hydrogen) atoms. The van der Waals surface area contributed by atoms with Gasteiger partial charge in [-0.25, -0.2) is 0 Å². The summed E-state index contributed by atoms with van der Waals surface area (Å²) in [5, 5.41) is 2.83. The molecule has 4 heteroatoms. The third-order valence-electron chi connectivity index (χ3n) is 3.70. The van der Waals surface area contributed by atoms with Gasteiger partial charge in [0.2, 0.25) is 5.91 Å². The smallest absolute Gasteiger partial charge is 0.227 e. The van der Waals surface area contributed by atoms with Crippen LogP contribution in [0.3, 0.4) is 0 Å². The van der Waals surface area contributed by atoms with Crippen LogP contribution in [0.1, 0.15) is 32.8 Å². The highest BCUT2D eigenvalue weighted by molar-refractivity contribution is 5.92. The maximum absolute atomic E-state index is 12.0. The molecule has 0 aliphatic rings. The number of carbonyl (C=O) groups is 1. The van der Waals surface area contributed by atoms with Crippen LogP contribution >= 0.6 is 0 Å². The molecule has 0 spiro atoms. The average molecular weight is 327 g/mol. The molecule has 2 aromatic carbocycles. The highest BCUT2D eigenvalue weighted by Gasteiger charge is 2.13. The molecule has 2 rings (SSSR count). The predicted molar refractivity (Wildman–Crippen MR) is 96.9 cm³/mol. The zero-order valence-corrected chi connectivity index (χ0v) is 14.8. The summed E-state index contributed by atoms with van der Waals surface area (Å²) in [5.74, 6) is 1.31. The van der Waals surface area contributed by atoms with Gasteiger partial charge >= 0.3 is 0 Å². The highest BCUT2D eigenvalue weighted by atomic mass is 16.5. The van der Waals surface area contributed by atoms with Gasteiger partial charge in [0.05, 0.1) is 25.8 Å². The molecule has 0 aliphatic carbocycles. The molecule has 0 fully saturated rings. The molecule has 128 valence electrons. The molecule has 0 atom stereocenters. The number of benzene rings is 2. The number of rotatable bonds is 6. The second-order valence-corrected chi connectivity index (χ2v) is 6.62. The standard InChI is InChI=1S/C20H25NO3/c1-20(2,3)15-9-11-16(12-10-15)24-14-13-19(22)21-17-7-5-6-8-18(17)23-4/h5-12H,13-14H2,1-4H3,(H,21,22). The van der Waals surface area contributed by atoms with E-state index in [4.69, 9.17) is 9.47 Å². The van der Waals surface area contributed by atoms with Crippen LogP contribution in [-0.4, -0.2) is 19.6 Å². The van der Waals surface area contributed by atoms with Gasteiger partial charge in [0, 0.05) is 0 Å². The fraction of sp³-hybridized carbons (Fsp3) is 0.350. The molecular formula is C20H25NO3. The Hall–Kier alpha value is -2.49. The van der Waals surface area contributed by atoms with Gasteiger partial charge in [-0.15, -0.1) is 0 Å². The average Bonchev–Trinajstić information content (AvgIpc) is 2.55. The summed E-state index contributed by atoms with van der Waals surface area (Å²) < 4.78 is 10.9. The molecule has 0 unspecified atom stereocenters. The molecule has 0 heterocycles. The molecular weight excluding hydrogens is 302 g/mol. The molecule has 2 aromatic rings. The molecule has 0 saturated heterocycles. The Morgan fingerprint density at radius 3 is 2.33 bits per heavy atom. The maximum Gasteiger partial charge on any atom is 0.227 e. The van der Waals surface area contributed by atoms with Crippen LogP contribution in [0.15, 0.2) is 48.5 Å². The van der Waals surface area contributed by atoms with Gasteiger partial charge in [0.25, 0.3) is 0 Å². The summed E-state index contributed by atoms with van der Waals surface area (Å²) in [4.78, 5) is 12.0. The van der Waals surface area contributed by atoms with Crippen molar-refractivity contribution < 1.29 is 14.3 Å². The Labute approximate surface area is 143 Å². The molecule has 1 amide bonds. The third-order valence-corrected chi connectivity index (χ3v) is 3.70. The van der Waals surface area contributed by atoms with Crippen molar-refractivity contribution in [3.63, 3.8) is 0 Å². The normalized spacial score (nSPS) is 11.0. The lowest BCUT2D eigenvalue weighted by molar-refractivity contribution is -0.116. The number of carbonyl (C=O) groups excluding carboxylic acids is 1. The zero-order valence-electron chi connectivity index (χ0n) is 14.8. The molecule has 0 saturated carbocycles. The summed E-state index contributed by atoms with van der Waals surface area (Å²) in [5.41, 5.74) is 2.04. The summed E-state index contributed by atoms with van der Waals surface area (Å²) in [6, 6.07) is 15.3. The van der Waals surface area contributed by atoms with Gasteiger partial charge in [0.15, 0.2) is 0 Å². The van der Waals surface area contributed by atoms with Gasteiger partial charge in [-0.3, -0.25) is 4.79 Å². The van der Waals surface area contributed by atoms with Crippen molar-refractivity contribution in [3.8, 4) is 11.5 Å². The lowest BCUT2D eigenvalue weighted by Gasteiger charge is -2.19. The first kappa shape index (κ1) is 17.9. The van der Waals surface area contributed by atoms with E-state index in [-0.39, 0.29) is 17.7 Å². The summed E-state index contributed by atoms with van der Waals surface area (Å²) in [6.07, 6.45) is 0.277. The van der Waals surface area contributed by atoms with Crippen molar-refractivity contribution in [3.05, 3.63) is 54.1 Å². The third kappa shape index (κ3) is 5.01. The predicted octanol–water partition coefficient (Wildman–Crippen LogP) is 4.40. The van der Waals surface area contributed by atoms with E-state index < -0.39 is 0 Å². The Kier molecular flexibility index (Phi) is 5.85. The number of ether oxygens (including phenoxy) is 2. The Balaban J connectivity index is 1.82. The number of amides is 1. The fourth-order valence-corrected chi connectivity index (χ4v) is 2.27. The van der Waals surface area contributed by atoms with Crippen molar-refractivity contribution in [2.24, 2.45) is 0 Å². The van der Waals surface area contributed by atoms with Gasteiger partial charge < -0.3 is 14.8 Å². The number of hydrogen-bond donors (Lipinski definition) is 1. The maximum atomic E-state index is 12.0. The van der Waals surface area contributed by atoms with Gasteiger partial charge in [-0.2, -0.15) is 0 Å². The van der Waals surface area contributed by atoms with E-state index in [1.54, 1.807) is 7.11 Å². The summed E-state index contributed by atoms with van der Waals surface area (Å²) in [6.45, 7) is 6.84. The van der Waals surface area contributed by atoms with E-state index in [1.807, 2.05) is 36.4 Å². The van der Waals surface area contributed by atoms with E-state index in [2.05, 4.69) is 38.2 Å². The molecule has 0 radical (unpaired) electrons. The second kappa shape index (κ2) is 7.86. The van der Waals surface area contributed by atoms with Gasteiger partial charge in [-0.05, 0) is 35.2 Å². The number of para-hydroxylation sites is 2. The lowest BCUT2D eigenvalue weighted by atomic mass is 9.87. The minimum atomic E-state index is -0.106. The largest absolute Gasteiger partial charge is 0.495 e. The minimum Gasteiger partial charge on any atom is -0.495 e. The molecule has 0 bridgehead atoms. The fourth-order valence-electron chi connectivity index (χ4n) is 2.27. The van der Waals surface area contributed by atoms with Crippen LogP contribution in [0.2, 0.25) is 0 Å². The van der Waals surface area contributed by atoms with E-state index in [1.165, 1.54) is 5.56 Å². The first-order chi connectivity index (χ1) is 11.4. The number of nitrogens with one attached hydrogen (secondary N) is 1. The van der Waals surface area contributed by atoms with Crippen molar-refractivity contribution in [1.29, 1.82) is 0 Å². The Morgan fingerprint density at radius 1 is 1.04 bits per heavy atom. The van der Waals surface area contributed by atoms with Crippen molar-refractivity contribution in [2.45, 2.75) is 32.6 Å². The Bertz CT molecular complexity index is 672. The monoisotopic (exact) mass is 327 g/mol. The quantitative estimate of drug-likeness (QED) is 0.855. The van der Waals surface area contributed by atoms with Crippen LogP contribution in [0.4, 0.5) is 5.69 Å². The number of anilines is 1. The minimum absolute atomic E-state index is 0.106. The summed E-state index contributed by atoms with van der Waals surface area (Å²) >= 11 is 0. The number of hydrogen-bond acceptors (Lipinski definition) is 3. The molecule has 0 aliphatic heterocycles. The van der Waals surface area contributed by atoms with Crippen LogP contribution in [0, 0.1) is 0 Å². The second-order valence-electron chi connectivity index (χ2n) is 6.62. The van der Waals surface area contributed by atoms with Crippen molar-refractivity contribution >= 4 is 11.6 Å². The number of methoxy groups -OCH3 is 1. The highest BCUT2D eigenvalue weighted by Crippen LogP contribution is 2.25.